The largest absolute Gasteiger partial charge is 0.385 e. The van der Waals surface area contributed by atoms with E-state index >= 15 is 0 Å². The van der Waals surface area contributed by atoms with Gasteiger partial charge in [0.25, 0.3) is 0 Å². The first kappa shape index (κ1) is 9.90. The summed E-state index contributed by atoms with van der Waals surface area (Å²) < 4.78 is 0. The molecule has 0 unspecified atom stereocenters. The minimum atomic E-state index is 0.827. The molecule has 0 fully saturated rings. The second-order valence-corrected chi connectivity index (χ2v) is 3.42. The first-order chi connectivity index (χ1) is 7.35. The highest BCUT2D eigenvalue weighted by molar-refractivity contribution is 5.88. The molecule has 2 aromatic rings. The van der Waals surface area contributed by atoms with E-state index in [9.17, 15) is 0 Å². The van der Waals surface area contributed by atoms with Crippen LogP contribution in [0.5, 0.6) is 0 Å². The fourth-order valence-corrected chi connectivity index (χ4v) is 1.61. The Labute approximate surface area is 89.6 Å². The number of nitrogens with one attached hydrogen (secondary N) is 1. The molecular formula is C12H15N3. The highest BCUT2D eigenvalue weighted by atomic mass is 14.9. The summed E-state index contributed by atoms with van der Waals surface area (Å²) in [7, 11) is 0. The van der Waals surface area contributed by atoms with Gasteiger partial charge in [0.05, 0.1) is 0 Å². The third kappa shape index (κ3) is 1.91. The van der Waals surface area contributed by atoms with Crippen LogP contribution in [0.2, 0.25) is 0 Å². The standard InChI is InChI=1S/C12H15N3/c1-3-9-5-6-10-11(13-4-2)7-8-14-12(10)15-9/h5-8H,3-4H2,1-2H3,(H,13,14,15). The Balaban J connectivity index is 2.56. The van der Waals surface area contributed by atoms with Crippen LogP contribution in [0.15, 0.2) is 24.4 Å². The average Bonchev–Trinajstić information content (AvgIpc) is 2.29. The number of anilines is 1. The van der Waals surface area contributed by atoms with Crippen molar-refractivity contribution < 1.29 is 0 Å². The normalized spacial score (nSPS) is 10.5. The minimum absolute atomic E-state index is 0.827. The monoisotopic (exact) mass is 201 g/mol. The first-order valence-corrected chi connectivity index (χ1v) is 5.33. The van der Waals surface area contributed by atoms with Crippen molar-refractivity contribution in [3.8, 4) is 0 Å². The van der Waals surface area contributed by atoms with Crippen molar-refractivity contribution in [2.45, 2.75) is 20.3 Å². The lowest BCUT2D eigenvalue weighted by Crippen LogP contribution is -1.99. The van der Waals surface area contributed by atoms with E-state index in [0.717, 1.165) is 35.4 Å². The van der Waals surface area contributed by atoms with E-state index in [4.69, 9.17) is 0 Å². The summed E-state index contributed by atoms with van der Waals surface area (Å²) in [5.41, 5.74) is 3.02. The van der Waals surface area contributed by atoms with Gasteiger partial charge in [-0.25, -0.2) is 9.97 Å². The van der Waals surface area contributed by atoms with Gasteiger partial charge in [0.1, 0.15) is 0 Å². The van der Waals surface area contributed by atoms with Crippen LogP contribution in [-0.4, -0.2) is 16.5 Å². The summed E-state index contributed by atoms with van der Waals surface area (Å²) in [5.74, 6) is 0. The fourth-order valence-electron chi connectivity index (χ4n) is 1.61. The number of fused-ring (bicyclic) bond motifs is 1. The van der Waals surface area contributed by atoms with Gasteiger partial charge in [-0.2, -0.15) is 0 Å². The van der Waals surface area contributed by atoms with Gasteiger partial charge >= 0.3 is 0 Å². The third-order valence-corrected chi connectivity index (χ3v) is 2.39. The Kier molecular flexibility index (Phi) is 2.81. The zero-order chi connectivity index (χ0) is 10.7. The Hall–Kier alpha value is -1.64. The molecular weight excluding hydrogens is 186 g/mol. The Morgan fingerprint density at radius 3 is 2.80 bits per heavy atom. The molecule has 3 heteroatoms. The molecule has 0 aliphatic carbocycles. The second-order valence-electron chi connectivity index (χ2n) is 3.42. The van der Waals surface area contributed by atoms with Crippen molar-refractivity contribution >= 4 is 16.7 Å². The average molecular weight is 201 g/mol. The van der Waals surface area contributed by atoms with Crippen LogP contribution in [-0.2, 0) is 6.42 Å². The third-order valence-electron chi connectivity index (χ3n) is 2.39. The smallest absolute Gasteiger partial charge is 0.161 e. The second kappa shape index (κ2) is 4.26. The number of aryl methyl sites for hydroxylation is 1. The molecule has 0 saturated carbocycles. The number of aromatic nitrogens is 2. The molecule has 0 amide bonds. The van der Waals surface area contributed by atoms with Crippen LogP contribution in [0.3, 0.4) is 0 Å². The van der Waals surface area contributed by atoms with Gasteiger partial charge in [0, 0.05) is 29.5 Å². The summed E-state index contributed by atoms with van der Waals surface area (Å²) in [6.07, 6.45) is 2.75. The summed E-state index contributed by atoms with van der Waals surface area (Å²) in [5, 5.41) is 4.40. The van der Waals surface area contributed by atoms with Gasteiger partial charge in [-0.1, -0.05) is 6.92 Å². The highest BCUT2D eigenvalue weighted by Crippen LogP contribution is 2.20. The van der Waals surface area contributed by atoms with Gasteiger partial charge in [-0.15, -0.1) is 0 Å². The van der Waals surface area contributed by atoms with E-state index in [0.29, 0.717) is 0 Å². The van der Waals surface area contributed by atoms with Crippen molar-refractivity contribution in [3.63, 3.8) is 0 Å². The maximum absolute atomic E-state index is 4.49. The van der Waals surface area contributed by atoms with Crippen molar-refractivity contribution in [2.24, 2.45) is 0 Å². The Morgan fingerprint density at radius 1 is 1.20 bits per heavy atom. The molecule has 0 aliphatic heterocycles. The molecule has 0 saturated heterocycles. The van der Waals surface area contributed by atoms with Gasteiger partial charge < -0.3 is 5.32 Å². The van der Waals surface area contributed by atoms with Crippen LogP contribution in [0, 0.1) is 0 Å². The van der Waals surface area contributed by atoms with Crippen molar-refractivity contribution in [1.29, 1.82) is 0 Å². The van der Waals surface area contributed by atoms with Gasteiger partial charge in [-0.3, -0.25) is 0 Å². The highest BCUT2D eigenvalue weighted by Gasteiger charge is 2.02. The zero-order valence-electron chi connectivity index (χ0n) is 9.12. The first-order valence-electron chi connectivity index (χ1n) is 5.33. The molecule has 15 heavy (non-hydrogen) atoms. The Morgan fingerprint density at radius 2 is 2.07 bits per heavy atom. The van der Waals surface area contributed by atoms with E-state index < -0.39 is 0 Å². The molecule has 1 N–H and O–H groups in total. The SMILES string of the molecule is CCNc1ccnc2nc(CC)ccc12. The predicted octanol–water partition coefficient (Wildman–Crippen LogP) is 2.62. The molecule has 0 radical (unpaired) electrons. The topological polar surface area (TPSA) is 37.8 Å². The Bertz CT molecular complexity index is 465. The van der Waals surface area contributed by atoms with E-state index in [2.05, 4.69) is 41.3 Å². The molecule has 2 heterocycles. The summed E-state index contributed by atoms with van der Waals surface area (Å²) in [6.45, 7) is 5.09. The number of hydrogen-bond donors (Lipinski definition) is 1. The number of rotatable bonds is 3. The molecule has 3 nitrogen and oxygen atoms in total. The van der Waals surface area contributed by atoms with Crippen molar-refractivity contribution in [2.75, 3.05) is 11.9 Å². The van der Waals surface area contributed by atoms with Crippen LogP contribution < -0.4 is 5.32 Å². The van der Waals surface area contributed by atoms with Crippen LogP contribution in [0.25, 0.3) is 11.0 Å². The number of pyridine rings is 2. The molecule has 0 atom stereocenters. The number of hydrogen-bond acceptors (Lipinski definition) is 3. The van der Waals surface area contributed by atoms with Gasteiger partial charge in [0.15, 0.2) is 5.65 Å². The molecule has 2 aromatic heterocycles. The molecule has 2 rings (SSSR count). The summed E-state index contributed by atoms with van der Waals surface area (Å²) >= 11 is 0. The van der Waals surface area contributed by atoms with E-state index in [1.165, 1.54) is 0 Å². The van der Waals surface area contributed by atoms with E-state index in [-0.39, 0.29) is 0 Å². The molecule has 0 spiro atoms. The van der Waals surface area contributed by atoms with Crippen molar-refractivity contribution in [1.82, 2.24) is 9.97 Å². The lowest BCUT2D eigenvalue weighted by Gasteiger charge is -2.07. The molecule has 0 aromatic carbocycles. The van der Waals surface area contributed by atoms with Crippen molar-refractivity contribution in [3.05, 3.63) is 30.1 Å². The lowest BCUT2D eigenvalue weighted by molar-refractivity contribution is 1.05. The van der Waals surface area contributed by atoms with Crippen LogP contribution >= 0.6 is 0 Å². The maximum atomic E-state index is 4.49. The van der Waals surface area contributed by atoms with Crippen LogP contribution in [0.1, 0.15) is 19.5 Å². The predicted molar refractivity (Wildman–Crippen MR) is 63.1 cm³/mol. The summed E-state index contributed by atoms with van der Waals surface area (Å²) in [4.78, 5) is 8.77. The molecule has 0 bridgehead atoms. The van der Waals surface area contributed by atoms with Gasteiger partial charge in [-0.05, 0) is 31.5 Å². The van der Waals surface area contributed by atoms with Crippen LogP contribution in [0.4, 0.5) is 5.69 Å². The summed E-state index contributed by atoms with van der Waals surface area (Å²) in [6, 6.07) is 6.14. The molecule has 78 valence electrons. The zero-order valence-corrected chi connectivity index (χ0v) is 9.12. The fraction of sp³-hybridized carbons (Fsp3) is 0.333. The molecule has 0 aliphatic rings. The maximum Gasteiger partial charge on any atom is 0.161 e. The van der Waals surface area contributed by atoms with E-state index in [1.54, 1.807) is 6.20 Å². The number of nitrogens with zero attached hydrogens (tertiary/aromatic N) is 2. The minimum Gasteiger partial charge on any atom is -0.385 e. The quantitative estimate of drug-likeness (QED) is 0.829. The lowest BCUT2D eigenvalue weighted by atomic mass is 10.2. The van der Waals surface area contributed by atoms with Gasteiger partial charge in [0.2, 0.25) is 0 Å². The van der Waals surface area contributed by atoms with E-state index in [1.807, 2.05) is 6.07 Å².